The fraction of sp³-hybridized carbons (Fsp3) is 0.125. The molecule has 2 heterocycles. The van der Waals surface area contributed by atoms with Crippen LogP contribution < -0.4 is 10.9 Å². The first-order chi connectivity index (χ1) is 12.1. The summed E-state index contributed by atoms with van der Waals surface area (Å²) in [6.07, 6.45) is 1.51. The topological polar surface area (TPSA) is 101 Å². The highest BCUT2D eigenvalue weighted by atomic mass is 32.2. The number of hydrogen-bond donors (Lipinski definition) is 2. The molecule has 7 nitrogen and oxygen atoms in total. The third-order valence-corrected chi connectivity index (χ3v) is 4.16. The van der Waals surface area contributed by atoms with Crippen molar-refractivity contribution in [2.24, 2.45) is 0 Å². The highest BCUT2D eigenvalue weighted by Crippen LogP contribution is 2.17. The SMILES string of the molecule is O=C(CSc1ccc(F)cc1)NCc1nc(-c2ccc[nH]c2=O)no1. The van der Waals surface area contributed by atoms with Gasteiger partial charge in [0.25, 0.3) is 5.56 Å². The summed E-state index contributed by atoms with van der Waals surface area (Å²) in [5, 5.41) is 6.37. The maximum atomic E-state index is 12.8. The van der Waals surface area contributed by atoms with Crippen molar-refractivity contribution in [1.82, 2.24) is 20.4 Å². The first kappa shape index (κ1) is 16.9. The molecule has 128 valence electrons. The molecule has 0 atom stereocenters. The molecular formula is C16H13FN4O3S. The largest absolute Gasteiger partial charge is 0.346 e. The summed E-state index contributed by atoms with van der Waals surface area (Å²) in [5.74, 6) is -0.0274. The third-order valence-electron chi connectivity index (χ3n) is 3.15. The highest BCUT2D eigenvalue weighted by molar-refractivity contribution is 8.00. The van der Waals surface area contributed by atoms with E-state index in [1.807, 2.05) is 0 Å². The summed E-state index contributed by atoms with van der Waals surface area (Å²) in [7, 11) is 0. The summed E-state index contributed by atoms with van der Waals surface area (Å²) in [6.45, 7) is 0.0561. The number of H-pyrrole nitrogens is 1. The number of carbonyl (C=O) groups is 1. The Balaban J connectivity index is 1.52. The van der Waals surface area contributed by atoms with Gasteiger partial charge >= 0.3 is 0 Å². The Hall–Kier alpha value is -2.94. The Labute approximate surface area is 145 Å². The molecule has 0 saturated carbocycles. The number of nitrogens with one attached hydrogen (secondary N) is 2. The molecule has 0 aliphatic rings. The Kier molecular flexibility index (Phi) is 5.24. The second-order valence-electron chi connectivity index (χ2n) is 4.94. The second kappa shape index (κ2) is 7.75. The summed E-state index contributed by atoms with van der Waals surface area (Å²) in [6, 6.07) is 9.12. The van der Waals surface area contributed by atoms with Gasteiger partial charge in [-0.15, -0.1) is 11.8 Å². The number of carbonyl (C=O) groups excluding carboxylic acids is 1. The van der Waals surface area contributed by atoms with Crippen LogP contribution in [0.4, 0.5) is 4.39 Å². The van der Waals surface area contributed by atoms with E-state index in [9.17, 15) is 14.0 Å². The summed E-state index contributed by atoms with van der Waals surface area (Å²) >= 11 is 1.29. The molecule has 25 heavy (non-hydrogen) atoms. The van der Waals surface area contributed by atoms with Gasteiger partial charge in [-0.05, 0) is 36.4 Å². The number of hydrogen-bond acceptors (Lipinski definition) is 6. The van der Waals surface area contributed by atoms with Crippen LogP contribution in [0.25, 0.3) is 11.4 Å². The molecule has 3 aromatic rings. The van der Waals surface area contributed by atoms with E-state index in [4.69, 9.17) is 4.52 Å². The van der Waals surface area contributed by atoms with Crippen LogP contribution in [0.15, 0.2) is 56.8 Å². The van der Waals surface area contributed by atoms with Crippen molar-refractivity contribution >= 4 is 17.7 Å². The number of rotatable bonds is 6. The minimum atomic E-state index is -0.324. The number of nitrogens with zero attached hydrogens (tertiary/aromatic N) is 2. The number of benzene rings is 1. The van der Waals surface area contributed by atoms with E-state index < -0.39 is 0 Å². The normalized spacial score (nSPS) is 10.6. The number of halogens is 1. The van der Waals surface area contributed by atoms with Gasteiger partial charge < -0.3 is 14.8 Å². The van der Waals surface area contributed by atoms with Gasteiger partial charge in [0.2, 0.25) is 17.6 Å². The molecule has 2 N–H and O–H groups in total. The van der Waals surface area contributed by atoms with Gasteiger partial charge in [-0.3, -0.25) is 9.59 Å². The van der Waals surface area contributed by atoms with Crippen molar-refractivity contribution in [3.8, 4) is 11.4 Å². The first-order valence-corrected chi connectivity index (χ1v) is 8.26. The van der Waals surface area contributed by atoms with Crippen LogP contribution in [0.1, 0.15) is 5.89 Å². The molecule has 0 saturated heterocycles. The Bertz CT molecular complexity index is 923. The lowest BCUT2D eigenvalue weighted by Crippen LogP contribution is -2.24. The van der Waals surface area contributed by atoms with Crippen molar-refractivity contribution in [2.45, 2.75) is 11.4 Å². The van der Waals surface area contributed by atoms with Crippen molar-refractivity contribution < 1.29 is 13.7 Å². The van der Waals surface area contributed by atoms with E-state index >= 15 is 0 Å². The zero-order chi connectivity index (χ0) is 17.6. The van der Waals surface area contributed by atoms with Crippen LogP contribution in [-0.2, 0) is 11.3 Å². The average molecular weight is 360 g/mol. The van der Waals surface area contributed by atoms with E-state index in [2.05, 4.69) is 20.4 Å². The molecule has 0 spiro atoms. The summed E-state index contributed by atoms with van der Waals surface area (Å²) in [5.41, 5.74) is -0.0368. The predicted molar refractivity (Wildman–Crippen MR) is 89.3 cm³/mol. The van der Waals surface area contributed by atoms with Crippen LogP contribution in [0.5, 0.6) is 0 Å². The lowest BCUT2D eigenvalue weighted by atomic mass is 10.3. The summed E-state index contributed by atoms with van der Waals surface area (Å²) in [4.78, 5) is 30.9. The molecule has 0 bridgehead atoms. The van der Waals surface area contributed by atoms with Gasteiger partial charge in [0, 0.05) is 11.1 Å². The van der Waals surface area contributed by atoms with Crippen LogP contribution in [0, 0.1) is 5.82 Å². The van der Waals surface area contributed by atoms with Crippen LogP contribution in [0.3, 0.4) is 0 Å². The zero-order valence-electron chi connectivity index (χ0n) is 12.9. The molecule has 0 fully saturated rings. The molecule has 0 aliphatic heterocycles. The van der Waals surface area contributed by atoms with Crippen molar-refractivity contribution in [1.29, 1.82) is 0 Å². The molecule has 9 heteroatoms. The predicted octanol–water partition coefficient (Wildman–Crippen LogP) is 1.97. The average Bonchev–Trinajstić information content (AvgIpc) is 3.08. The minimum absolute atomic E-state index is 0.0561. The lowest BCUT2D eigenvalue weighted by Gasteiger charge is -2.02. The van der Waals surface area contributed by atoms with Gasteiger partial charge in [-0.25, -0.2) is 4.39 Å². The van der Waals surface area contributed by atoms with Gasteiger partial charge in [-0.2, -0.15) is 4.98 Å². The number of amides is 1. The minimum Gasteiger partial charge on any atom is -0.346 e. The van der Waals surface area contributed by atoms with Gasteiger partial charge in [0.1, 0.15) is 5.82 Å². The molecule has 1 amide bonds. The molecule has 0 radical (unpaired) electrons. The van der Waals surface area contributed by atoms with Crippen LogP contribution in [0.2, 0.25) is 0 Å². The van der Waals surface area contributed by atoms with Crippen LogP contribution in [-0.4, -0.2) is 26.8 Å². The number of aromatic amines is 1. The van der Waals surface area contributed by atoms with Crippen molar-refractivity contribution in [3.63, 3.8) is 0 Å². The van der Waals surface area contributed by atoms with E-state index in [1.54, 1.807) is 24.3 Å². The lowest BCUT2D eigenvalue weighted by molar-refractivity contribution is -0.118. The molecule has 0 unspecified atom stereocenters. The quantitative estimate of drug-likeness (QED) is 0.652. The molecular weight excluding hydrogens is 347 g/mol. The molecule has 3 rings (SSSR count). The van der Waals surface area contributed by atoms with E-state index in [0.29, 0.717) is 0 Å². The van der Waals surface area contributed by atoms with Crippen LogP contribution >= 0.6 is 11.8 Å². The monoisotopic (exact) mass is 360 g/mol. The number of thioether (sulfide) groups is 1. The fourth-order valence-electron chi connectivity index (χ4n) is 1.94. The smallest absolute Gasteiger partial charge is 0.259 e. The zero-order valence-corrected chi connectivity index (χ0v) is 13.7. The Morgan fingerprint density at radius 3 is 2.84 bits per heavy atom. The summed E-state index contributed by atoms with van der Waals surface area (Å²) < 4.78 is 17.8. The molecule has 0 aliphatic carbocycles. The number of aromatic nitrogens is 3. The highest BCUT2D eigenvalue weighted by Gasteiger charge is 2.12. The Morgan fingerprint density at radius 1 is 1.28 bits per heavy atom. The fourth-order valence-corrected chi connectivity index (χ4v) is 2.67. The Morgan fingerprint density at radius 2 is 2.08 bits per heavy atom. The maximum absolute atomic E-state index is 12.8. The first-order valence-electron chi connectivity index (χ1n) is 7.27. The van der Waals surface area contributed by atoms with E-state index in [1.165, 1.54) is 30.1 Å². The van der Waals surface area contributed by atoms with Gasteiger partial charge in [0.15, 0.2) is 0 Å². The molecule has 2 aromatic heterocycles. The standard InChI is InChI=1S/C16H13FN4O3S/c17-10-3-5-11(6-4-10)25-9-13(22)19-8-14-20-15(21-24-14)12-2-1-7-18-16(12)23/h1-7H,8-9H2,(H,18,23)(H,19,22). The van der Waals surface area contributed by atoms with Crippen molar-refractivity contribution in [3.05, 3.63) is 64.7 Å². The van der Waals surface area contributed by atoms with Gasteiger partial charge in [-0.1, -0.05) is 5.16 Å². The third kappa shape index (κ3) is 4.54. The maximum Gasteiger partial charge on any atom is 0.259 e. The molecule has 1 aromatic carbocycles. The van der Waals surface area contributed by atoms with E-state index in [-0.39, 0.29) is 46.9 Å². The van der Waals surface area contributed by atoms with E-state index in [0.717, 1.165) is 4.90 Å². The van der Waals surface area contributed by atoms with Crippen molar-refractivity contribution in [2.75, 3.05) is 5.75 Å². The second-order valence-corrected chi connectivity index (χ2v) is 5.99. The number of pyridine rings is 1. The van der Waals surface area contributed by atoms with Gasteiger partial charge in [0.05, 0.1) is 17.9 Å².